The minimum Gasteiger partial charge on any atom is -0.346 e. The molecule has 2 aromatic rings. The van der Waals surface area contributed by atoms with Gasteiger partial charge in [-0.3, -0.25) is 9.59 Å². The van der Waals surface area contributed by atoms with E-state index in [1.807, 2.05) is 32.9 Å². The summed E-state index contributed by atoms with van der Waals surface area (Å²) >= 11 is 0. The Morgan fingerprint density at radius 1 is 0.964 bits per heavy atom. The minimum atomic E-state index is -0.677. The van der Waals surface area contributed by atoms with Crippen LogP contribution in [0.4, 0.5) is 14.5 Å². The van der Waals surface area contributed by atoms with Gasteiger partial charge in [-0.05, 0) is 44.9 Å². The van der Waals surface area contributed by atoms with Crippen LogP contribution in [0.2, 0.25) is 0 Å². The molecule has 0 saturated carbocycles. The van der Waals surface area contributed by atoms with E-state index in [9.17, 15) is 18.4 Å². The second kappa shape index (κ2) is 9.41. The predicted molar refractivity (Wildman–Crippen MR) is 105 cm³/mol. The normalized spacial score (nSPS) is 11.8. The molecule has 0 aliphatic rings. The summed E-state index contributed by atoms with van der Waals surface area (Å²) in [5, 5.41) is 8.17. The molecule has 0 aliphatic heterocycles. The van der Waals surface area contributed by atoms with Crippen LogP contribution in [-0.2, 0) is 9.59 Å². The van der Waals surface area contributed by atoms with Gasteiger partial charge in [0.1, 0.15) is 11.6 Å². The van der Waals surface area contributed by atoms with Crippen molar-refractivity contribution >= 4 is 17.5 Å². The molecule has 2 amide bonds. The van der Waals surface area contributed by atoms with E-state index in [0.29, 0.717) is 0 Å². The van der Waals surface area contributed by atoms with E-state index < -0.39 is 23.6 Å². The molecular weight excluding hydrogens is 364 g/mol. The molecule has 0 unspecified atom stereocenters. The highest BCUT2D eigenvalue weighted by Gasteiger charge is 2.14. The van der Waals surface area contributed by atoms with E-state index in [4.69, 9.17) is 0 Å². The Balaban J connectivity index is 1.81. The lowest BCUT2D eigenvalue weighted by molar-refractivity contribution is -0.123. The van der Waals surface area contributed by atoms with Crippen molar-refractivity contribution in [3.8, 4) is 0 Å². The maximum atomic E-state index is 13.7. The fraction of sp³-hybridized carbons (Fsp3) is 0.333. The lowest BCUT2D eigenvalue weighted by Crippen LogP contribution is -2.39. The zero-order valence-electron chi connectivity index (χ0n) is 16.5. The van der Waals surface area contributed by atoms with E-state index in [0.717, 1.165) is 34.5 Å². The van der Waals surface area contributed by atoms with Gasteiger partial charge in [0.2, 0.25) is 11.8 Å². The van der Waals surface area contributed by atoms with Gasteiger partial charge in [0.05, 0.1) is 13.1 Å². The summed E-state index contributed by atoms with van der Waals surface area (Å²) in [4.78, 5) is 24.1. The SMILES string of the molecule is Cc1cc(C)c(NC(=O)CNC(=O)CN[C@H](C)c2ccc(F)cc2F)c(C)c1. The molecule has 5 nitrogen and oxygen atoms in total. The number of benzene rings is 2. The topological polar surface area (TPSA) is 70.2 Å². The average molecular weight is 389 g/mol. The summed E-state index contributed by atoms with van der Waals surface area (Å²) in [6.45, 7) is 7.19. The van der Waals surface area contributed by atoms with Gasteiger partial charge in [-0.25, -0.2) is 8.78 Å². The molecule has 0 saturated heterocycles. The number of rotatable bonds is 7. The highest BCUT2D eigenvalue weighted by atomic mass is 19.1. The first-order chi connectivity index (χ1) is 13.2. The smallest absolute Gasteiger partial charge is 0.243 e. The molecule has 0 radical (unpaired) electrons. The fourth-order valence-electron chi connectivity index (χ4n) is 3.01. The van der Waals surface area contributed by atoms with E-state index in [-0.39, 0.29) is 24.6 Å². The highest BCUT2D eigenvalue weighted by molar-refractivity contribution is 5.96. The van der Waals surface area contributed by atoms with Gasteiger partial charge in [0.25, 0.3) is 0 Å². The van der Waals surface area contributed by atoms with Crippen molar-refractivity contribution in [1.82, 2.24) is 10.6 Å². The van der Waals surface area contributed by atoms with Crippen molar-refractivity contribution < 1.29 is 18.4 Å². The van der Waals surface area contributed by atoms with Crippen LogP contribution in [0.25, 0.3) is 0 Å². The standard InChI is InChI=1S/C21H25F2N3O2/c1-12-7-13(2)21(14(3)8-12)26-20(28)11-25-19(27)10-24-15(4)17-6-5-16(22)9-18(17)23/h5-9,15,24H,10-11H2,1-4H3,(H,25,27)(H,26,28)/t15-/m1/s1. The first kappa shape index (κ1) is 21.5. The van der Waals surface area contributed by atoms with Crippen LogP contribution in [0.5, 0.6) is 0 Å². The zero-order valence-corrected chi connectivity index (χ0v) is 16.5. The summed E-state index contributed by atoms with van der Waals surface area (Å²) in [5.74, 6) is -2.07. The first-order valence-corrected chi connectivity index (χ1v) is 9.00. The molecule has 150 valence electrons. The van der Waals surface area contributed by atoms with Gasteiger partial charge in [-0.15, -0.1) is 0 Å². The maximum absolute atomic E-state index is 13.7. The third kappa shape index (κ3) is 5.85. The summed E-state index contributed by atoms with van der Waals surface area (Å²) in [5.41, 5.74) is 4.02. The zero-order chi connectivity index (χ0) is 20.8. The first-order valence-electron chi connectivity index (χ1n) is 9.00. The Morgan fingerprint density at radius 3 is 2.21 bits per heavy atom. The average Bonchev–Trinajstić information content (AvgIpc) is 2.61. The third-order valence-corrected chi connectivity index (χ3v) is 4.39. The van der Waals surface area contributed by atoms with E-state index in [1.165, 1.54) is 6.07 Å². The Morgan fingerprint density at radius 2 is 1.61 bits per heavy atom. The molecule has 0 aliphatic carbocycles. The summed E-state index contributed by atoms with van der Waals surface area (Å²) in [6.07, 6.45) is 0. The summed E-state index contributed by atoms with van der Waals surface area (Å²) < 4.78 is 26.7. The van der Waals surface area contributed by atoms with Gasteiger partial charge in [-0.1, -0.05) is 23.8 Å². The Kier molecular flexibility index (Phi) is 7.23. The molecule has 28 heavy (non-hydrogen) atoms. The second-order valence-electron chi connectivity index (χ2n) is 6.87. The number of carbonyl (C=O) groups excluding carboxylic acids is 2. The third-order valence-electron chi connectivity index (χ3n) is 4.39. The monoisotopic (exact) mass is 389 g/mol. The number of halogens is 2. The number of amides is 2. The largest absolute Gasteiger partial charge is 0.346 e. The lowest BCUT2D eigenvalue weighted by Gasteiger charge is -2.15. The molecule has 0 fully saturated rings. The fourth-order valence-corrected chi connectivity index (χ4v) is 3.01. The molecule has 2 aromatic carbocycles. The molecule has 7 heteroatoms. The van der Waals surface area contributed by atoms with Crippen molar-refractivity contribution in [2.24, 2.45) is 0 Å². The van der Waals surface area contributed by atoms with E-state index in [2.05, 4.69) is 16.0 Å². The van der Waals surface area contributed by atoms with Gasteiger partial charge < -0.3 is 16.0 Å². The van der Waals surface area contributed by atoms with Crippen LogP contribution < -0.4 is 16.0 Å². The van der Waals surface area contributed by atoms with Crippen LogP contribution in [0, 0.1) is 32.4 Å². The van der Waals surface area contributed by atoms with Crippen LogP contribution in [0.1, 0.15) is 35.2 Å². The number of aryl methyl sites for hydroxylation is 3. The van der Waals surface area contributed by atoms with Gasteiger partial charge in [0, 0.05) is 23.4 Å². The molecule has 0 aromatic heterocycles. The van der Waals surface area contributed by atoms with Gasteiger partial charge >= 0.3 is 0 Å². The van der Waals surface area contributed by atoms with Crippen molar-refractivity contribution in [2.75, 3.05) is 18.4 Å². The van der Waals surface area contributed by atoms with Crippen LogP contribution in [0.15, 0.2) is 30.3 Å². The number of anilines is 1. The molecule has 2 rings (SSSR count). The van der Waals surface area contributed by atoms with Gasteiger partial charge in [-0.2, -0.15) is 0 Å². The van der Waals surface area contributed by atoms with Crippen molar-refractivity contribution in [3.05, 3.63) is 64.2 Å². The Labute approximate surface area is 163 Å². The van der Waals surface area contributed by atoms with Gasteiger partial charge in [0.15, 0.2) is 0 Å². The number of carbonyl (C=O) groups is 2. The number of nitrogens with one attached hydrogen (secondary N) is 3. The Hall–Kier alpha value is -2.80. The van der Waals surface area contributed by atoms with Crippen molar-refractivity contribution in [3.63, 3.8) is 0 Å². The van der Waals surface area contributed by atoms with E-state index >= 15 is 0 Å². The molecule has 1 atom stereocenters. The maximum Gasteiger partial charge on any atom is 0.243 e. The number of hydrogen-bond acceptors (Lipinski definition) is 3. The van der Waals surface area contributed by atoms with E-state index in [1.54, 1.807) is 6.92 Å². The van der Waals surface area contributed by atoms with Crippen LogP contribution in [-0.4, -0.2) is 24.9 Å². The molecule has 3 N–H and O–H groups in total. The highest BCUT2D eigenvalue weighted by Crippen LogP contribution is 2.21. The number of hydrogen-bond donors (Lipinski definition) is 3. The molecule has 0 heterocycles. The minimum absolute atomic E-state index is 0.103. The summed E-state index contributed by atoms with van der Waals surface area (Å²) in [7, 11) is 0. The summed E-state index contributed by atoms with van der Waals surface area (Å²) in [6, 6.07) is 6.75. The predicted octanol–water partition coefficient (Wildman–Crippen LogP) is 3.30. The quantitative estimate of drug-likeness (QED) is 0.681. The second-order valence-corrected chi connectivity index (χ2v) is 6.87. The lowest BCUT2D eigenvalue weighted by atomic mass is 10.1. The van der Waals surface area contributed by atoms with Crippen LogP contribution in [0.3, 0.4) is 0 Å². The van der Waals surface area contributed by atoms with Crippen molar-refractivity contribution in [2.45, 2.75) is 33.7 Å². The van der Waals surface area contributed by atoms with Crippen LogP contribution >= 0.6 is 0 Å². The molecule has 0 spiro atoms. The molecular formula is C21H25F2N3O2. The van der Waals surface area contributed by atoms with Crippen molar-refractivity contribution in [1.29, 1.82) is 0 Å². The Bertz CT molecular complexity index is 861. The molecule has 0 bridgehead atoms.